The molecule has 1 aromatic carbocycles. The highest BCUT2D eigenvalue weighted by molar-refractivity contribution is 8.00. The first-order chi connectivity index (χ1) is 11.6. The van der Waals surface area contributed by atoms with E-state index in [2.05, 4.69) is 15.4 Å². The molecule has 0 radical (unpaired) electrons. The van der Waals surface area contributed by atoms with Gasteiger partial charge < -0.3 is 5.32 Å². The molecule has 0 aliphatic heterocycles. The van der Waals surface area contributed by atoms with Crippen LogP contribution in [0.25, 0.3) is 10.9 Å². The number of anilines is 1. The summed E-state index contributed by atoms with van der Waals surface area (Å²) in [7, 11) is 1.68. The van der Waals surface area contributed by atoms with Crippen LogP contribution < -0.4 is 5.32 Å². The van der Waals surface area contributed by atoms with Crippen LogP contribution in [0.15, 0.2) is 47.6 Å². The van der Waals surface area contributed by atoms with Crippen LogP contribution in [0.5, 0.6) is 0 Å². The van der Waals surface area contributed by atoms with Crippen LogP contribution >= 0.6 is 11.8 Å². The summed E-state index contributed by atoms with van der Waals surface area (Å²) in [6, 6.07) is 13.8. The highest BCUT2D eigenvalue weighted by Gasteiger charge is 2.18. The van der Waals surface area contributed by atoms with E-state index in [0.717, 1.165) is 15.9 Å². The number of hydrogen-bond donors (Lipinski definition) is 1. The highest BCUT2D eigenvalue weighted by Crippen LogP contribution is 2.25. The van der Waals surface area contributed by atoms with Crippen molar-refractivity contribution in [2.45, 2.75) is 17.2 Å². The van der Waals surface area contributed by atoms with Crippen LogP contribution in [-0.4, -0.2) is 25.9 Å². The average molecular weight is 337 g/mol. The van der Waals surface area contributed by atoms with E-state index >= 15 is 0 Å². The Morgan fingerprint density at radius 2 is 2.12 bits per heavy atom. The Labute approximate surface area is 143 Å². The molecule has 0 spiro atoms. The standard InChI is InChI=1S/C17H15N5OS/c1-11(17(23)21-16-13(9-18)10-19-22(16)2)24-15-8-7-12-5-3-4-6-14(12)20-15/h3-8,10-11H,1-2H3,(H,21,23). The SMILES string of the molecule is CC(Sc1ccc2ccccc2n1)C(=O)Nc1c(C#N)cnn1C. The molecule has 0 saturated heterocycles. The number of nitrogens with one attached hydrogen (secondary N) is 1. The molecule has 2 heterocycles. The molecule has 3 rings (SSSR count). The van der Waals surface area contributed by atoms with Gasteiger partial charge in [-0.25, -0.2) is 4.98 Å². The van der Waals surface area contributed by atoms with Gasteiger partial charge in [-0.1, -0.05) is 36.0 Å². The van der Waals surface area contributed by atoms with Crippen molar-refractivity contribution in [1.29, 1.82) is 5.26 Å². The fourth-order valence-corrected chi connectivity index (χ4v) is 3.06. The molecule has 0 saturated carbocycles. The Morgan fingerprint density at radius 3 is 2.92 bits per heavy atom. The van der Waals surface area contributed by atoms with E-state index in [4.69, 9.17) is 5.26 Å². The molecule has 120 valence electrons. The maximum absolute atomic E-state index is 12.4. The predicted octanol–water partition coefficient (Wildman–Crippen LogP) is 2.96. The summed E-state index contributed by atoms with van der Waals surface area (Å²) < 4.78 is 1.47. The quantitative estimate of drug-likeness (QED) is 0.740. The van der Waals surface area contributed by atoms with Crippen LogP contribution in [0.1, 0.15) is 12.5 Å². The van der Waals surface area contributed by atoms with Crippen LogP contribution in [-0.2, 0) is 11.8 Å². The number of nitriles is 1. The molecule has 6 nitrogen and oxygen atoms in total. The minimum absolute atomic E-state index is 0.199. The third kappa shape index (κ3) is 3.24. The van der Waals surface area contributed by atoms with Crippen molar-refractivity contribution in [2.75, 3.05) is 5.32 Å². The van der Waals surface area contributed by atoms with Gasteiger partial charge in [-0.3, -0.25) is 9.48 Å². The van der Waals surface area contributed by atoms with Gasteiger partial charge in [0.05, 0.1) is 22.0 Å². The first kappa shape index (κ1) is 16.0. The molecule has 1 unspecified atom stereocenters. The maximum atomic E-state index is 12.4. The van der Waals surface area contributed by atoms with Crippen molar-refractivity contribution >= 4 is 34.4 Å². The normalized spacial score (nSPS) is 11.9. The Morgan fingerprint density at radius 1 is 1.33 bits per heavy atom. The smallest absolute Gasteiger partial charge is 0.238 e. The fraction of sp³-hybridized carbons (Fsp3) is 0.176. The molecule has 2 aromatic heterocycles. The zero-order chi connectivity index (χ0) is 17.1. The van der Waals surface area contributed by atoms with Gasteiger partial charge >= 0.3 is 0 Å². The molecule has 0 bridgehead atoms. The molecule has 0 aliphatic rings. The zero-order valence-corrected chi connectivity index (χ0v) is 14.0. The van der Waals surface area contributed by atoms with Gasteiger partial charge in [-0.15, -0.1) is 0 Å². The predicted molar refractivity (Wildman–Crippen MR) is 93.6 cm³/mol. The van der Waals surface area contributed by atoms with Crippen LogP contribution in [0, 0.1) is 11.3 Å². The van der Waals surface area contributed by atoms with Crippen molar-refractivity contribution < 1.29 is 4.79 Å². The number of amides is 1. The third-order valence-electron chi connectivity index (χ3n) is 3.54. The van der Waals surface area contributed by atoms with Gasteiger partial charge in [0, 0.05) is 12.4 Å². The maximum Gasteiger partial charge on any atom is 0.238 e. The van der Waals surface area contributed by atoms with E-state index in [1.807, 2.05) is 42.5 Å². The Hall–Kier alpha value is -2.85. The first-order valence-electron chi connectivity index (χ1n) is 7.34. The van der Waals surface area contributed by atoms with Gasteiger partial charge in [-0.05, 0) is 19.1 Å². The van der Waals surface area contributed by atoms with Gasteiger partial charge in [-0.2, -0.15) is 10.4 Å². The summed E-state index contributed by atoms with van der Waals surface area (Å²) in [6.07, 6.45) is 1.43. The molecule has 24 heavy (non-hydrogen) atoms. The zero-order valence-electron chi connectivity index (χ0n) is 13.2. The van der Waals surface area contributed by atoms with E-state index in [-0.39, 0.29) is 11.2 Å². The largest absolute Gasteiger partial charge is 0.309 e. The van der Waals surface area contributed by atoms with E-state index in [0.29, 0.717) is 11.4 Å². The van der Waals surface area contributed by atoms with Crippen molar-refractivity contribution in [1.82, 2.24) is 14.8 Å². The molecule has 7 heteroatoms. The number of para-hydroxylation sites is 1. The molecule has 1 atom stereocenters. The molecule has 0 aliphatic carbocycles. The van der Waals surface area contributed by atoms with Crippen LogP contribution in [0.4, 0.5) is 5.82 Å². The number of carbonyl (C=O) groups excluding carboxylic acids is 1. The number of pyridine rings is 1. The molecular weight excluding hydrogens is 322 g/mol. The molecule has 1 N–H and O–H groups in total. The van der Waals surface area contributed by atoms with Crippen molar-refractivity contribution in [3.8, 4) is 6.07 Å². The number of nitrogens with zero attached hydrogens (tertiary/aromatic N) is 4. The topological polar surface area (TPSA) is 83.6 Å². The number of fused-ring (bicyclic) bond motifs is 1. The van der Waals surface area contributed by atoms with Gasteiger partial charge in [0.1, 0.15) is 17.5 Å². The summed E-state index contributed by atoms with van der Waals surface area (Å²) in [5.74, 6) is 0.205. The second-order valence-corrected chi connectivity index (χ2v) is 6.59. The summed E-state index contributed by atoms with van der Waals surface area (Å²) in [5, 5.41) is 17.3. The van der Waals surface area contributed by atoms with Crippen molar-refractivity contribution in [3.05, 3.63) is 48.2 Å². The van der Waals surface area contributed by atoms with Gasteiger partial charge in [0.25, 0.3) is 0 Å². The minimum atomic E-state index is -0.361. The number of aryl methyl sites for hydroxylation is 1. The fourth-order valence-electron chi connectivity index (χ4n) is 2.23. The minimum Gasteiger partial charge on any atom is -0.309 e. The lowest BCUT2D eigenvalue weighted by molar-refractivity contribution is -0.115. The number of benzene rings is 1. The summed E-state index contributed by atoms with van der Waals surface area (Å²) >= 11 is 1.37. The molecule has 1 amide bonds. The van der Waals surface area contributed by atoms with E-state index < -0.39 is 0 Å². The number of aromatic nitrogens is 3. The average Bonchev–Trinajstić information content (AvgIpc) is 2.94. The second kappa shape index (κ2) is 6.72. The Kier molecular flexibility index (Phi) is 4.49. The molecular formula is C17H15N5OS. The van der Waals surface area contributed by atoms with Gasteiger partial charge in [0.2, 0.25) is 5.91 Å². The van der Waals surface area contributed by atoms with E-state index in [9.17, 15) is 4.79 Å². The lowest BCUT2D eigenvalue weighted by Crippen LogP contribution is -2.24. The van der Waals surface area contributed by atoms with E-state index in [1.165, 1.54) is 22.6 Å². The molecule has 0 fully saturated rings. The number of carbonyl (C=O) groups is 1. The highest BCUT2D eigenvalue weighted by atomic mass is 32.2. The van der Waals surface area contributed by atoms with Crippen LogP contribution in [0.2, 0.25) is 0 Å². The Balaban J connectivity index is 1.73. The number of hydrogen-bond acceptors (Lipinski definition) is 5. The van der Waals surface area contributed by atoms with Crippen molar-refractivity contribution in [2.24, 2.45) is 7.05 Å². The number of rotatable bonds is 4. The monoisotopic (exact) mass is 337 g/mol. The lowest BCUT2D eigenvalue weighted by Gasteiger charge is -2.12. The lowest BCUT2D eigenvalue weighted by atomic mass is 10.2. The summed E-state index contributed by atoms with van der Waals surface area (Å²) in [5.41, 5.74) is 1.24. The number of thioether (sulfide) groups is 1. The van der Waals surface area contributed by atoms with Crippen molar-refractivity contribution in [3.63, 3.8) is 0 Å². The molecule has 3 aromatic rings. The summed E-state index contributed by atoms with van der Waals surface area (Å²) in [4.78, 5) is 16.9. The van der Waals surface area contributed by atoms with Gasteiger partial charge in [0.15, 0.2) is 0 Å². The van der Waals surface area contributed by atoms with E-state index in [1.54, 1.807) is 14.0 Å². The first-order valence-corrected chi connectivity index (χ1v) is 8.22. The Bertz CT molecular complexity index is 944. The van der Waals surface area contributed by atoms with Crippen LogP contribution in [0.3, 0.4) is 0 Å². The third-order valence-corrected chi connectivity index (χ3v) is 4.58. The summed E-state index contributed by atoms with van der Waals surface area (Å²) in [6.45, 7) is 1.80. The second-order valence-electron chi connectivity index (χ2n) is 5.23.